The predicted octanol–water partition coefficient (Wildman–Crippen LogP) is 1.82. The van der Waals surface area contributed by atoms with E-state index in [9.17, 15) is 19.2 Å². The van der Waals surface area contributed by atoms with Gasteiger partial charge in [0.2, 0.25) is 23.6 Å². The average molecular weight is 467 g/mol. The molecule has 0 saturated carbocycles. The summed E-state index contributed by atoms with van der Waals surface area (Å²) in [5, 5.41) is 2.72. The summed E-state index contributed by atoms with van der Waals surface area (Å²) in [7, 11) is 0. The lowest BCUT2D eigenvalue weighted by Gasteiger charge is -2.36. The summed E-state index contributed by atoms with van der Waals surface area (Å²) in [6.45, 7) is 6.40. The number of hydrogen-bond donors (Lipinski definition) is 1. The largest absolute Gasteiger partial charge is 0.368 e. The predicted molar refractivity (Wildman–Crippen MR) is 129 cm³/mol. The van der Waals surface area contributed by atoms with E-state index in [0.29, 0.717) is 32.4 Å². The molecular weight excluding hydrogens is 432 g/mol. The first-order valence-electron chi connectivity index (χ1n) is 12.2. The van der Waals surface area contributed by atoms with Gasteiger partial charge >= 0.3 is 0 Å². The van der Waals surface area contributed by atoms with E-state index in [-0.39, 0.29) is 42.0 Å². The van der Waals surface area contributed by atoms with Crippen molar-refractivity contribution in [1.82, 2.24) is 15.1 Å². The normalized spacial score (nSPS) is 23.3. The summed E-state index contributed by atoms with van der Waals surface area (Å²) in [4.78, 5) is 57.1. The number of fused-ring (bicyclic) bond motifs is 1. The third kappa shape index (κ3) is 5.00. The number of amides is 4. The van der Waals surface area contributed by atoms with Crippen molar-refractivity contribution in [3.8, 4) is 0 Å². The molecule has 8 heteroatoms. The number of nitrogens with zero attached hydrogens (tertiary/aromatic N) is 3. The van der Waals surface area contributed by atoms with E-state index in [4.69, 9.17) is 0 Å². The second kappa shape index (κ2) is 10.4. The molecule has 8 nitrogen and oxygen atoms in total. The van der Waals surface area contributed by atoms with Crippen LogP contribution in [0.25, 0.3) is 0 Å². The summed E-state index contributed by atoms with van der Waals surface area (Å²) in [5.74, 6) is -1.74. The number of carbonyl (C=O) groups excluding carboxylic acids is 4. The van der Waals surface area contributed by atoms with Gasteiger partial charge in [-0.15, -0.1) is 0 Å². The molecule has 4 rings (SSSR count). The Bertz CT molecular complexity index is 927. The van der Waals surface area contributed by atoms with E-state index in [1.54, 1.807) is 4.90 Å². The van der Waals surface area contributed by atoms with Crippen LogP contribution in [-0.4, -0.2) is 72.2 Å². The molecule has 182 valence electrons. The first-order chi connectivity index (χ1) is 16.4. The highest BCUT2D eigenvalue weighted by Gasteiger charge is 2.51. The summed E-state index contributed by atoms with van der Waals surface area (Å²) < 4.78 is 0. The van der Waals surface area contributed by atoms with Gasteiger partial charge < -0.3 is 15.1 Å². The second-order valence-electron chi connectivity index (χ2n) is 9.77. The summed E-state index contributed by atoms with van der Waals surface area (Å²) in [5.41, 5.74) is 1.13. The van der Waals surface area contributed by atoms with Gasteiger partial charge in [0.25, 0.3) is 0 Å². The van der Waals surface area contributed by atoms with Gasteiger partial charge in [0, 0.05) is 31.9 Å². The molecule has 3 aliphatic rings. The van der Waals surface area contributed by atoms with Gasteiger partial charge in [0.15, 0.2) is 0 Å². The zero-order chi connectivity index (χ0) is 24.2. The van der Waals surface area contributed by atoms with E-state index >= 15 is 0 Å². The van der Waals surface area contributed by atoms with Crippen LogP contribution in [0.3, 0.4) is 0 Å². The van der Waals surface area contributed by atoms with Gasteiger partial charge in [0.05, 0.1) is 18.4 Å². The molecule has 2 aliphatic heterocycles. The fourth-order valence-corrected chi connectivity index (χ4v) is 5.15. The number of likely N-dealkylation sites (tertiary alicyclic amines) is 1. The van der Waals surface area contributed by atoms with Gasteiger partial charge in [-0.05, 0) is 37.3 Å². The second-order valence-corrected chi connectivity index (χ2v) is 9.77. The molecular formula is C26H34N4O4. The van der Waals surface area contributed by atoms with Gasteiger partial charge in [-0.3, -0.25) is 24.1 Å². The number of rotatable bonds is 7. The monoisotopic (exact) mass is 466 g/mol. The molecule has 34 heavy (non-hydrogen) atoms. The highest BCUT2D eigenvalue weighted by atomic mass is 16.2. The maximum absolute atomic E-state index is 13.1. The van der Waals surface area contributed by atoms with Crippen molar-refractivity contribution in [2.45, 2.75) is 39.2 Å². The number of anilines is 1. The van der Waals surface area contributed by atoms with Crippen LogP contribution in [0.5, 0.6) is 0 Å². The fraction of sp³-hybridized carbons (Fsp3) is 0.538. The molecule has 0 bridgehead atoms. The number of hydrogen-bond acceptors (Lipinski definition) is 5. The average Bonchev–Trinajstić information content (AvgIpc) is 3.11. The molecule has 1 N–H and O–H groups in total. The Balaban J connectivity index is 1.34. The van der Waals surface area contributed by atoms with Crippen LogP contribution in [0.15, 0.2) is 42.5 Å². The molecule has 1 aromatic rings. The van der Waals surface area contributed by atoms with Crippen molar-refractivity contribution in [3.05, 3.63) is 42.5 Å². The van der Waals surface area contributed by atoms with Crippen LogP contribution < -0.4 is 10.2 Å². The highest BCUT2D eigenvalue weighted by molar-refractivity contribution is 6.08. The Kier molecular flexibility index (Phi) is 7.34. The van der Waals surface area contributed by atoms with E-state index in [0.717, 1.165) is 18.8 Å². The number of benzene rings is 1. The van der Waals surface area contributed by atoms with Crippen molar-refractivity contribution < 1.29 is 19.2 Å². The van der Waals surface area contributed by atoms with Crippen molar-refractivity contribution in [2.24, 2.45) is 17.8 Å². The van der Waals surface area contributed by atoms with Crippen LogP contribution in [0.2, 0.25) is 0 Å². The van der Waals surface area contributed by atoms with Crippen LogP contribution in [-0.2, 0) is 19.2 Å². The Morgan fingerprint density at radius 1 is 0.941 bits per heavy atom. The van der Waals surface area contributed by atoms with Crippen molar-refractivity contribution in [1.29, 1.82) is 0 Å². The molecule has 2 saturated heterocycles. The first-order valence-corrected chi connectivity index (χ1v) is 12.2. The maximum atomic E-state index is 13.1. The van der Waals surface area contributed by atoms with Gasteiger partial charge in [-0.25, -0.2) is 0 Å². The van der Waals surface area contributed by atoms with E-state index in [1.807, 2.05) is 44.2 Å². The number of para-hydroxylation sites is 1. The minimum absolute atomic E-state index is 0.110. The number of allylic oxidation sites excluding steroid dienone is 2. The third-order valence-electron chi connectivity index (χ3n) is 7.02. The molecule has 3 unspecified atom stereocenters. The molecule has 2 fully saturated rings. The molecule has 0 radical (unpaired) electrons. The minimum atomic E-state index is -0.881. The van der Waals surface area contributed by atoms with Gasteiger partial charge in [-0.1, -0.05) is 44.2 Å². The van der Waals surface area contributed by atoms with Crippen LogP contribution >= 0.6 is 0 Å². The smallest absolute Gasteiger partial charge is 0.243 e. The Morgan fingerprint density at radius 2 is 1.53 bits per heavy atom. The van der Waals surface area contributed by atoms with Gasteiger partial charge in [-0.2, -0.15) is 0 Å². The standard InChI is InChI=1S/C26H34N4O4/c1-18(2)16-22(30-25(33)20-10-6-7-11-21(20)26(30)34)24(32)27-17-23(31)29-14-12-28(13-15-29)19-8-4-3-5-9-19/h3-9,18,20-22H,10-17H2,1-2H3,(H,27,32). The third-order valence-corrected chi connectivity index (χ3v) is 7.02. The van der Waals surface area contributed by atoms with Crippen molar-refractivity contribution in [2.75, 3.05) is 37.6 Å². The Morgan fingerprint density at radius 3 is 2.09 bits per heavy atom. The zero-order valence-electron chi connectivity index (χ0n) is 20.0. The molecule has 1 aliphatic carbocycles. The fourth-order valence-electron chi connectivity index (χ4n) is 5.15. The summed E-state index contributed by atoms with van der Waals surface area (Å²) in [6, 6.07) is 9.20. The Hall–Kier alpha value is -3.16. The number of imide groups is 1. The van der Waals surface area contributed by atoms with Crippen LogP contribution in [0, 0.1) is 17.8 Å². The van der Waals surface area contributed by atoms with E-state index in [1.165, 1.54) is 4.90 Å². The molecule has 0 aromatic heterocycles. The quantitative estimate of drug-likeness (QED) is 0.489. The number of piperazine rings is 1. The number of carbonyl (C=O) groups is 4. The Labute approximate surface area is 200 Å². The van der Waals surface area contributed by atoms with E-state index < -0.39 is 11.9 Å². The topological polar surface area (TPSA) is 90.0 Å². The van der Waals surface area contributed by atoms with Crippen molar-refractivity contribution >= 4 is 29.3 Å². The van der Waals surface area contributed by atoms with E-state index in [2.05, 4.69) is 22.3 Å². The summed E-state index contributed by atoms with van der Waals surface area (Å²) in [6.07, 6.45) is 5.32. The lowest BCUT2D eigenvalue weighted by molar-refractivity contribution is -0.148. The lowest BCUT2D eigenvalue weighted by Crippen LogP contribution is -2.54. The molecule has 4 amide bonds. The maximum Gasteiger partial charge on any atom is 0.243 e. The van der Waals surface area contributed by atoms with Crippen LogP contribution in [0.1, 0.15) is 33.1 Å². The molecule has 3 atom stereocenters. The summed E-state index contributed by atoms with van der Waals surface area (Å²) >= 11 is 0. The molecule has 0 spiro atoms. The highest BCUT2D eigenvalue weighted by Crippen LogP contribution is 2.37. The SMILES string of the molecule is CC(C)CC(C(=O)NCC(=O)N1CCN(c2ccccc2)CC1)N1C(=O)C2CC=CCC2C1=O. The minimum Gasteiger partial charge on any atom is -0.368 e. The zero-order valence-corrected chi connectivity index (χ0v) is 20.0. The lowest BCUT2D eigenvalue weighted by atomic mass is 9.85. The number of nitrogens with one attached hydrogen (secondary N) is 1. The van der Waals surface area contributed by atoms with Crippen LogP contribution in [0.4, 0.5) is 5.69 Å². The molecule has 1 aromatic carbocycles. The molecule has 2 heterocycles. The van der Waals surface area contributed by atoms with Gasteiger partial charge in [0.1, 0.15) is 6.04 Å². The van der Waals surface area contributed by atoms with Crippen molar-refractivity contribution in [3.63, 3.8) is 0 Å². The first kappa shape index (κ1) is 24.0.